The molecule has 96 valence electrons. The van der Waals surface area contributed by atoms with E-state index in [0.29, 0.717) is 23.3 Å². The van der Waals surface area contributed by atoms with Gasteiger partial charge >= 0.3 is 0 Å². The molecule has 0 bridgehead atoms. The third kappa shape index (κ3) is 3.31. The molecule has 0 spiro atoms. The first kappa shape index (κ1) is 13.5. The van der Waals surface area contributed by atoms with Gasteiger partial charge in [0.05, 0.1) is 17.1 Å². The third-order valence-corrected chi connectivity index (χ3v) is 3.14. The summed E-state index contributed by atoms with van der Waals surface area (Å²) in [6.07, 6.45) is 1.07. The van der Waals surface area contributed by atoms with Crippen molar-refractivity contribution in [3.8, 4) is 11.5 Å². The summed E-state index contributed by atoms with van der Waals surface area (Å²) in [5, 5.41) is 11.8. The Morgan fingerprint density at radius 2 is 2.22 bits per heavy atom. The summed E-state index contributed by atoms with van der Waals surface area (Å²) in [5.41, 5.74) is 0.745. The molecule has 1 N–H and O–H groups in total. The van der Waals surface area contributed by atoms with Crippen LogP contribution < -0.4 is 5.32 Å². The van der Waals surface area contributed by atoms with Crippen molar-refractivity contribution >= 4 is 27.5 Å². The van der Waals surface area contributed by atoms with E-state index in [2.05, 4.69) is 38.4 Å². The zero-order valence-electron chi connectivity index (χ0n) is 9.91. The van der Waals surface area contributed by atoms with Gasteiger partial charge in [0, 0.05) is 4.47 Å². The van der Waals surface area contributed by atoms with Gasteiger partial charge in [-0.3, -0.25) is 0 Å². The monoisotopic (exact) mass is 329 g/mol. The van der Waals surface area contributed by atoms with E-state index in [9.17, 15) is 0 Å². The van der Waals surface area contributed by atoms with Crippen molar-refractivity contribution in [2.24, 2.45) is 0 Å². The molecule has 0 aliphatic carbocycles. The summed E-state index contributed by atoms with van der Waals surface area (Å²) in [6, 6.07) is 5.54. The van der Waals surface area contributed by atoms with Crippen molar-refractivity contribution in [1.29, 1.82) is 0 Å². The molecular weight excluding hydrogens is 318 g/mol. The standard InChI is InChI=1S/C12H13BrClN3O/c1-2-5-15-7-11-16-17-12(18-11)9-4-3-8(13)6-10(9)14/h3-4,6,15H,2,5,7H2,1H3. The van der Waals surface area contributed by atoms with Crippen LogP contribution in [-0.2, 0) is 6.54 Å². The van der Waals surface area contributed by atoms with Crippen molar-refractivity contribution < 1.29 is 4.42 Å². The highest BCUT2D eigenvalue weighted by molar-refractivity contribution is 9.10. The molecule has 1 heterocycles. The summed E-state index contributed by atoms with van der Waals surface area (Å²) >= 11 is 9.48. The number of halogens is 2. The van der Waals surface area contributed by atoms with Gasteiger partial charge in [-0.05, 0) is 31.2 Å². The maximum atomic E-state index is 6.13. The molecule has 0 aliphatic rings. The Kier molecular flexibility index (Phi) is 4.74. The minimum atomic E-state index is 0.445. The Morgan fingerprint density at radius 1 is 1.39 bits per heavy atom. The van der Waals surface area contributed by atoms with E-state index in [1.165, 1.54) is 0 Å². The number of hydrogen-bond donors (Lipinski definition) is 1. The normalized spacial score (nSPS) is 10.8. The molecule has 18 heavy (non-hydrogen) atoms. The van der Waals surface area contributed by atoms with E-state index in [-0.39, 0.29) is 0 Å². The van der Waals surface area contributed by atoms with Gasteiger partial charge in [0.2, 0.25) is 11.8 Å². The molecular formula is C12H13BrClN3O. The number of nitrogens with zero attached hydrogens (tertiary/aromatic N) is 2. The largest absolute Gasteiger partial charge is 0.419 e. The lowest BCUT2D eigenvalue weighted by atomic mass is 10.2. The van der Waals surface area contributed by atoms with Crippen molar-refractivity contribution in [1.82, 2.24) is 15.5 Å². The van der Waals surface area contributed by atoms with E-state index in [0.717, 1.165) is 23.0 Å². The second-order valence-corrected chi connectivity index (χ2v) is 5.12. The van der Waals surface area contributed by atoms with Crippen LogP contribution in [0.1, 0.15) is 19.2 Å². The van der Waals surface area contributed by atoms with Gasteiger partial charge in [0.1, 0.15) is 0 Å². The first-order chi connectivity index (χ1) is 8.70. The maximum Gasteiger partial charge on any atom is 0.249 e. The van der Waals surface area contributed by atoms with Crippen molar-refractivity contribution in [3.05, 3.63) is 33.6 Å². The third-order valence-electron chi connectivity index (χ3n) is 2.33. The Bertz CT molecular complexity index is 530. The van der Waals surface area contributed by atoms with Crippen LogP contribution in [-0.4, -0.2) is 16.7 Å². The van der Waals surface area contributed by atoms with Gasteiger partial charge in [-0.2, -0.15) is 0 Å². The van der Waals surface area contributed by atoms with Gasteiger partial charge in [-0.15, -0.1) is 10.2 Å². The number of aromatic nitrogens is 2. The topological polar surface area (TPSA) is 51.0 Å². The van der Waals surface area contributed by atoms with Crippen LogP contribution in [0.3, 0.4) is 0 Å². The van der Waals surface area contributed by atoms with E-state index < -0.39 is 0 Å². The van der Waals surface area contributed by atoms with Crippen LogP contribution in [0.5, 0.6) is 0 Å². The molecule has 0 saturated carbocycles. The lowest BCUT2D eigenvalue weighted by Crippen LogP contribution is -2.13. The van der Waals surface area contributed by atoms with Crippen LogP contribution in [0, 0.1) is 0 Å². The van der Waals surface area contributed by atoms with Gasteiger partial charge in [-0.1, -0.05) is 34.5 Å². The quantitative estimate of drug-likeness (QED) is 0.850. The fraction of sp³-hybridized carbons (Fsp3) is 0.333. The summed E-state index contributed by atoms with van der Waals surface area (Å²) in [4.78, 5) is 0. The van der Waals surface area contributed by atoms with Crippen LogP contribution in [0.25, 0.3) is 11.5 Å². The second-order valence-electron chi connectivity index (χ2n) is 3.80. The zero-order chi connectivity index (χ0) is 13.0. The van der Waals surface area contributed by atoms with Crippen LogP contribution in [0.15, 0.2) is 27.1 Å². The fourth-order valence-electron chi connectivity index (χ4n) is 1.47. The Morgan fingerprint density at radius 3 is 2.94 bits per heavy atom. The summed E-state index contributed by atoms with van der Waals surface area (Å²) in [6.45, 7) is 3.61. The fourth-order valence-corrected chi connectivity index (χ4v) is 2.22. The number of nitrogens with one attached hydrogen (secondary N) is 1. The van der Waals surface area contributed by atoms with Crippen molar-refractivity contribution in [2.75, 3.05) is 6.54 Å². The summed E-state index contributed by atoms with van der Waals surface area (Å²) in [5.74, 6) is 1.01. The predicted octanol–water partition coefficient (Wildman–Crippen LogP) is 3.65. The number of rotatable bonds is 5. The number of benzene rings is 1. The Hall–Kier alpha value is -0.910. The smallest absolute Gasteiger partial charge is 0.249 e. The first-order valence-electron chi connectivity index (χ1n) is 5.69. The van der Waals surface area contributed by atoms with E-state index in [1.54, 1.807) is 6.07 Å². The average Bonchev–Trinajstić information content (AvgIpc) is 2.78. The minimum Gasteiger partial charge on any atom is -0.419 e. The predicted molar refractivity (Wildman–Crippen MR) is 74.4 cm³/mol. The molecule has 2 rings (SSSR count). The van der Waals surface area contributed by atoms with Crippen LogP contribution >= 0.6 is 27.5 Å². The Labute approximate surface area is 119 Å². The number of hydrogen-bond acceptors (Lipinski definition) is 4. The van der Waals surface area contributed by atoms with Gasteiger partial charge in [0.25, 0.3) is 0 Å². The lowest BCUT2D eigenvalue weighted by molar-refractivity contribution is 0.477. The molecule has 0 aliphatic heterocycles. The molecule has 0 radical (unpaired) electrons. The molecule has 1 aromatic carbocycles. The highest BCUT2D eigenvalue weighted by Gasteiger charge is 2.11. The molecule has 4 nitrogen and oxygen atoms in total. The molecule has 0 amide bonds. The first-order valence-corrected chi connectivity index (χ1v) is 6.86. The zero-order valence-corrected chi connectivity index (χ0v) is 12.3. The average molecular weight is 331 g/mol. The summed E-state index contributed by atoms with van der Waals surface area (Å²) in [7, 11) is 0. The maximum absolute atomic E-state index is 6.13. The Balaban J connectivity index is 2.13. The lowest BCUT2D eigenvalue weighted by Gasteiger charge is -1.99. The molecule has 0 unspecified atom stereocenters. The van der Waals surface area contributed by atoms with Crippen molar-refractivity contribution in [2.45, 2.75) is 19.9 Å². The van der Waals surface area contributed by atoms with Crippen LogP contribution in [0.4, 0.5) is 0 Å². The second kappa shape index (κ2) is 6.31. The molecule has 6 heteroatoms. The SMILES string of the molecule is CCCNCc1nnc(-c2ccc(Br)cc2Cl)o1. The van der Waals surface area contributed by atoms with E-state index in [4.69, 9.17) is 16.0 Å². The van der Waals surface area contributed by atoms with E-state index in [1.807, 2.05) is 12.1 Å². The van der Waals surface area contributed by atoms with Gasteiger partial charge in [0.15, 0.2) is 0 Å². The molecule has 0 atom stereocenters. The van der Waals surface area contributed by atoms with Gasteiger partial charge < -0.3 is 9.73 Å². The highest BCUT2D eigenvalue weighted by atomic mass is 79.9. The van der Waals surface area contributed by atoms with E-state index >= 15 is 0 Å². The molecule has 0 saturated heterocycles. The molecule has 2 aromatic rings. The van der Waals surface area contributed by atoms with Gasteiger partial charge in [-0.25, -0.2) is 0 Å². The summed E-state index contributed by atoms with van der Waals surface area (Å²) < 4.78 is 6.47. The molecule has 0 fully saturated rings. The minimum absolute atomic E-state index is 0.445. The van der Waals surface area contributed by atoms with Crippen molar-refractivity contribution in [3.63, 3.8) is 0 Å². The highest BCUT2D eigenvalue weighted by Crippen LogP contribution is 2.29. The van der Waals surface area contributed by atoms with Crippen LogP contribution in [0.2, 0.25) is 5.02 Å². The molecule has 1 aromatic heterocycles.